The summed E-state index contributed by atoms with van der Waals surface area (Å²) >= 11 is 0. The second-order valence-corrected chi connectivity index (χ2v) is 10.5. The van der Waals surface area contributed by atoms with Crippen molar-refractivity contribution in [2.75, 3.05) is 13.2 Å². The summed E-state index contributed by atoms with van der Waals surface area (Å²) in [6.07, 6.45) is 3.07. The highest BCUT2D eigenvalue weighted by atomic mass is 28.3. The highest BCUT2D eigenvalue weighted by Gasteiger charge is 2.12. The van der Waals surface area contributed by atoms with Crippen molar-refractivity contribution in [3.8, 4) is 0 Å². The Morgan fingerprint density at radius 2 is 1.59 bits per heavy atom. The quantitative estimate of drug-likeness (QED) is 0.304. The van der Waals surface area contributed by atoms with Crippen LogP contribution in [0.15, 0.2) is 12.2 Å². The van der Waals surface area contributed by atoms with Crippen LogP contribution in [-0.2, 0) is 19.1 Å². The Morgan fingerprint density at radius 3 is 2.06 bits per heavy atom. The van der Waals surface area contributed by atoms with Crippen molar-refractivity contribution in [3.05, 3.63) is 12.2 Å². The smallest absolute Gasteiger partial charge is 0.331 e. The molecule has 0 atom stereocenters. The Balaban J connectivity index is 3.70. The lowest BCUT2D eigenvalue weighted by molar-refractivity contribution is -0.140. The third-order valence-corrected chi connectivity index (χ3v) is 3.81. The molecule has 0 rings (SSSR count). The first-order valence-electron chi connectivity index (χ1n) is 5.87. The summed E-state index contributed by atoms with van der Waals surface area (Å²) in [6.45, 7) is 9.24. The fourth-order valence-corrected chi connectivity index (χ4v) is 2.35. The van der Waals surface area contributed by atoms with Crippen LogP contribution in [0.4, 0.5) is 0 Å². The van der Waals surface area contributed by atoms with Crippen LogP contribution in [0.3, 0.4) is 0 Å². The second kappa shape index (κ2) is 8.06. The van der Waals surface area contributed by atoms with Gasteiger partial charge in [0.05, 0.1) is 13.2 Å². The zero-order valence-electron chi connectivity index (χ0n) is 11.1. The Hall–Kier alpha value is -1.10. The predicted molar refractivity (Wildman–Crippen MR) is 69.5 cm³/mol. The summed E-state index contributed by atoms with van der Waals surface area (Å²) in [4.78, 5) is 22.1. The topological polar surface area (TPSA) is 52.6 Å². The standard InChI is InChI=1S/C12H22O4Si/c1-5-15-11(13)7-8-12(14)16-9-6-10-17(2,3)4/h7-8H,5-6,9-10H2,1-4H3. The Bertz CT molecular complexity index is 279. The van der Waals surface area contributed by atoms with Gasteiger partial charge in [0.1, 0.15) is 0 Å². The molecule has 0 aromatic rings. The van der Waals surface area contributed by atoms with Crippen molar-refractivity contribution in [1.29, 1.82) is 0 Å². The van der Waals surface area contributed by atoms with Gasteiger partial charge < -0.3 is 9.47 Å². The molecule has 0 aliphatic carbocycles. The first kappa shape index (κ1) is 15.9. The van der Waals surface area contributed by atoms with Crippen molar-refractivity contribution in [2.24, 2.45) is 0 Å². The van der Waals surface area contributed by atoms with Crippen molar-refractivity contribution >= 4 is 20.0 Å². The number of hydrogen-bond acceptors (Lipinski definition) is 4. The van der Waals surface area contributed by atoms with Crippen molar-refractivity contribution in [3.63, 3.8) is 0 Å². The maximum Gasteiger partial charge on any atom is 0.331 e. The first-order valence-corrected chi connectivity index (χ1v) is 9.57. The van der Waals surface area contributed by atoms with E-state index >= 15 is 0 Å². The molecule has 0 bridgehead atoms. The molecule has 0 unspecified atom stereocenters. The van der Waals surface area contributed by atoms with Gasteiger partial charge in [0.15, 0.2) is 0 Å². The second-order valence-electron chi connectivity index (χ2n) is 4.92. The lowest BCUT2D eigenvalue weighted by atomic mass is 10.5. The van der Waals surface area contributed by atoms with E-state index in [1.54, 1.807) is 6.92 Å². The average molecular weight is 258 g/mol. The number of esters is 2. The van der Waals surface area contributed by atoms with Gasteiger partial charge in [-0.2, -0.15) is 0 Å². The molecule has 0 aromatic heterocycles. The van der Waals surface area contributed by atoms with Gasteiger partial charge in [-0.15, -0.1) is 0 Å². The van der Waals surface area contributed by atoms with Gasteiger partial charge in [0.2, 0.25) is 0 Å². The number of ether oxygens (including phenoxy) is 2. The molecule has 0 fully saturated rings. The minimum atomic E-state index is -1.06. The normalized spacial score (nSPS) is 11.5. The molecule has 0 amide bonds. The van der Waals surface area contributed by atoms with Gasteiger partial charge >= 0.3 is 11.9 Å². The molecule has 98 valence electrons. The molecule has 0 spiro atoms. The fourth-order valence-electron chi connectivity index (χ4n) is 1.15. The summed E-state index contributed by atoms with van der Waals surface area (Å²) in [6, 6.07) is 1.13. The van der Waals surface area contributed by atoms with Crippen LogP contribution >= 0.6 is 0 Å². The number of carbonyl (C=O) groups excluding carboxylic acids is 2. The van der Waals surface area contributed by atoms with Crippen LogP contribution in [-0.4, -0.2) is 33.2 Å². The summed E-state index contributed by atoms with van der Waals surface area (Å²) in [7, 11) is -1.06. The van der Waals surface area contributed by atoms with Gasteiger partial charge in [-0.3, -0.25) is 0 Å². The van der Waals surface area contributed by atoms with Crippen molar-refractivity contribution in [2.45, 2.75) is 39.0 Å². The van der Waals surface area contributed by atoms with Crippen LogP contribution in [0.1, 0.15) is 13.3 Å². The summed E-state index contributed by atoms with van der Waals surface area (Å²) in [5.41, 5.74) is 0. The molecule has 0 aromatic carbocycles. The van der Waals surface area contributed by atoms with Crippen LogP contribution in [0.5, 0.6) is 0 Å². The lowest BCUT2D eigenvalue weighted by Crippen LogP contribution is -2.20. The van der Waals surface area contributed by atoms with Gasteiger partial charge in [0.25, 0.3) is 0 Å². The van der Waals surface area contributed by atoms with Crippen LogP contribution in [0.25, 0.3) is 0 Å². The molecule has 4 nitrogen and oxygen atoms in total. The molecule has 0 saturated carbocycles. The SMILES string of the molecule is CCOC(=O)C=CC(=O)OCCC[Si](C)(C)C. The van der Waals surface area contributed by atoms with E-state index in [1.165, 1.54) is 0 Å². The average Bonchev–Trinajstić information content (AvgIpc) is 2.21. The molecule has 0 radical (unpaired) electrons. The van der Waals surface area contributed by atoms with E-state index in [1.807, 2.05) is 0 Å². The molecule has 0 saturated heterocycles. The highest BCUT2D eigenvalue weighted by molar-refractivity contribution is 6.76. The molecule has 0 heterocycles. The van der Waals surface area contributed by atoms with Crippen LogP contribution < -0.4 is 0 Å². The van der Waals surface area contributed by atoms with E-state index in [2.05, 4.69) is 24.4 Å². The van der Waals surface area contributed by atoms with E-state index in [-0.39, 0.29) is 0 Å². The number of hydrogen-bond donors (Lipinski definition) is 0. The van der Waals surface area contributed by atoms with E-state index < -0.39 is 20.0 Å². The van der Waals surface area contributed by atoms with E-state index in [4.69, 9.17) is 4.74 Å². The van der Waals surface area contributed by atoms with E-state index in [0.29, 0.717) is 13.2 Å². The Labute approximate surface area is 104 Å². The maximum absolute atomic E-state index is 11.2. The zero-order valence-corrected chi connectivity index (χ0v) is 12.1. The number of carbonyl (C=O) groups is 2. The monoisotopic (exact) mass is 258 g/mol. The summed E-state index contributed by atoms with van der Waals surface area (Å²) in [5, 5.41) is 0. The molecule has 0 aliphatic heterocycles. The minimum Gasteiger partial charge on any atom is -0.463 e. The fraction of sp³-hybridized carbons (Fsp3) is 0.667. The van der Waals surface area contributed by atoms with Gasteiger partial charge in [-0.05, 0) is 13.3 Å². The zero-order chi connectivity index (χ0) is 13.3. The Kier molecular flexibility index (Phi) is 7.53. The summed E-state index contributed by atoms with van der Waals surface area (Å²) < 4.78 is 9.59. The number of rotatable bonds is 7. The molecule has 17 heavy (non-hydrogen) atoms. The maximum atomic E-state index is 11.2. The largest absolute Gasteiger partial charge is 0.463 e. The molecule has 5 heteroatoms. The molecule has 0 aliphatic rings. The highest BCUT2D eigenvalue weighted by Crippen LogP contribution is 2.10. The molecular weight excluding hydrogens is 236 g/mol. The van der Waals surface area contributed by atoms with Gasteiger partial charge in [-0.1, -0.05) is 25.7 Å². The molecular formula is C12H22O4Si. The summed E-state index contributed by atoms with van der Waals surface area (Å²) in [5.74, 6) is -1.01. The van der Waals surface area contributed by atoms with Gasteiger partial charge in [0, 0.05) is 20.2 Å². The molecule has 0 N–H and O–H groups in total. The van der Waals surface area contributed by atoms with Crippen molar-refractivity contribution in [1.82, 2.24) is 0 Å². The first-order chi connectivity index (χ1) is 7.85. The van der Waals surface area contributed by atoms with Crippen LogP contribution in [0.2, 0.25) is 25.7 Å². The van der Waals surface area contributed by atoms with Crippen LogP contribution in [0, 0.1) is 0 Å². The predicted octanol–water partition coefficient (Wildman–Crippen LogP) is 2.38. The minimum absolute atomic E-state index is 0.300. The third-order valence-electron chi connectivity index (χ3n) is 1.96. The third kappa shape index (κ3) is 11.2. The van der Waals surface area contributed by atoms with E-state index in [0.717, 1.165) is 24.6 Å². The Morgan fingerprint density at radius 1 is 1.06 bits per heavy atom. The lowest BCUT2D eigenvalue weighted by Gasteiger charge is -2.14. The van der Waals surface area contributed by atoms with Crippen molar-refractivity contribution < 1.29 is 19.1 Å². The van der Waals surface area contributed by atoms with E-state index in [9.17, 15) is 9.59 Å². The van der Waals surface area contributed by atoms with Gasteiger partial charge in [-0.25, -0.2) is 9.59 Å².